The third kappa shape index (κ3) is 2.62. The van der Waals surface area contributed by atoms with Crippen molar-refractivity contribution >= 4 is 0 Å². The number of rotatable bonds is 3. The molecule has 13 heavy (non-hydrogen) atoms. The van der Waals surface area contributed by atoms with E-state index in [0.29, 0.717) is 6.54 Å². The van der Waals surface area contributed by atoms with Gasteiger partial charge in [0.15, 0.2) is 6.29 Å². The zero-order chi connectivity index (χ0) is 10.0. The fourth-order valence-corrected chi connectivity index (χ4v) is 1.25. The summed E-state index contributed by atoms with van der Waals surface area (Å²) in [7, 11) is 0. The highest BCUT2D eigenvalue weighted by molar-refractivity contribution is 4.87. The van der Waals surface area contributed by atoms with E-state index in [2.05, 4.69) is 5.32 Å². The molecule has 0 aromatic heterocycles. The second-order valence-electron chi connectivity index (χ2n) is 3.61. The van der Waals surface area contributed by atoms with Crippen molar-refractivity contribution in [2.45, 2.75) is 44.5 Å². The lowest BCUT2D eigenvalue weighted by atomic mass is 10.1. The van der Waals surface area contributed by atoms with E-state index in [1.807, 2.05) is 13.8 Å². The minimum absolute atomic E-state index is 0.283. The van der Waals surface area contributed by atoms with E-state index in [0.717, 1.165) is 0 Å². The number of hydrogen-bond acceptors (Lipinski definition) is 5. The predicted molar refractivity (Wildman–Crippen MR) is 46.0 cm³/mol. The highest BCUT2D eigenvalue weighted by Gasteiger charge is 2.41. The van der Waals surface area contributed by atoms with Crippen LogP contribution in [0.25, 0.3) is 0 Å². The molecule has 0 aliphatic carbocycles. The topological polar surface area (TPSA) is 82.0 Å². The Bertz CT molecular complexity index is 164. The number of hydrogen-bond donors (Lipinski definition) is 4. The van der Waals surface area contributed by atoms with Crippen LogP contribution in [0, 0.1) is 0 Å². The van der Waals surface area contributed by atoms with Gasteiger partial charge < -0.3 is 25.4 Å². The quantitative estimate of drug-likeness (QED) is 0.433. The average molecular weight is 191 g/mol. The number of aliphatic hydroxyl groups is 3. The maximum atomic E-state index is 9.37. The Hall–Kier alpha value is -0.200. The van der Waals surface area contributed by atoms with Gasteiger partial charge in [0.1, 0.15) is 18.3 Å². The highest BCUT2D eigenvalue weighted by Crippen LogP contribution is 2.18. The van der Waals surface area contributed by atoms with E-state index < -0.39 is 24.6 Å². The van der Waals surface area contributed by atoms with E-state index >= 15 is 0 Å². The van der Waals surface area contributed by atoms with Gasteiger partial charge in [-0.15, -0.1) is 0 Å². The molecule has 5 heteroatoms. The van der Waals surface area contributed by atoms with Gasteiger partial charge in [0.2, 0.25) is 0 Å². The third-order valence-electron chi connectivity index (χ3n) is 2.06. The van der Waals surface area contributed by atoms with Crippen LogP contribution in [-0.2, 0) is 4.74 Å². The van der Waals surface area contributed by atoms with E-state index in [9.17, 15) is 5.11 Å². The fraction of sp³-hybridized carbons (Fsp3) is 1.00. The summed E-state index contributed by atoms with van der Waals surface area (Å²) in [6, 6.07) is 0.283. The molecule has 4 atom stereocenters. The van der Waals surface area contributed by atoms with E-state index in [1.165, 1.54) is 0 Å². The van der Waals surface area contributed by atoms with E-state index in [4.69, 9.17) is 14.9 Å². The molecule has 5 nitrogen and oxygen atoms in total. The maximum absolute atomic E-state index is 9.37. The van der Waals surface area contributed by atoms with Gasteiger partial charge in [-0.2, -0.15) is 0 Å². The van der Waals surface area contributed by atoms with Crippen LogP contribution in [0.3, 0.4) is 0 Å². The molecule has 0 saturated carbocycles. The van der Waals surface area contributed by atoms with Gasteiger partial charge in [0.25, 0.3) is 0 Å². The summed E-state index contributed by atoms with van der Waals surface area (Å²) in [4.78, 5) is 0. The van der Waals surface area contributed by atoms with Crippen molar-refractivity contribution in [1.82, 2.24) is 5.32 Å². The summed E-state index contributed by atoms with van der Waals surface area (Å²) >= 11 is 0. The molecule has 0 bridgehead atoms. The maximum Gasteiger partial charge on any atom is 0.184 e. The Morgan fingerprint density at radius 3 is 2.23 bits per heavy atom. The number of aliphatic hydroxyl groups excluding tert-OH is 3. The van der Waals surface area contributed by atoms with Gasteiger partial charge in [-0.3, -0.25) is 0 Å². The molecule has 1 heterocycles. The summed E-state index contributed by atoms with van der Waals surface area (Å²) < 4.78 is 4.93. The Balaban J connectivity index is 2.35. The molecule has 1 aliphatic rings. The van der Waals surface area contributed by atoms with E-state index in [1.54, 1.807) is 0 Å². The van der Waals surface area contributed by atoms with Crippen molar-refractivity contribution in [3.63, 3.8) is 0 Å². The lowest BCUT2D eigenvalue weighted by Crippen LogP contribution is -2.39. The van der Waals surface area contributed by atoms with Crippen LogP contribution in [0.15, 0.2) is 0 Å². The fourth-order valence-electron chi connectivity index (χ4n) is 1.25. The van der Waals surface area contributed by atoms with Crippen molar-refractivity contribution in [1.29, 1.82) is 0 Å². The molecule has 0 aromatic carbocycles. The van der Waals surface area contributed by atoms with Gasteiger partial charge in [-0.25, -0.2) is 0 Å². The van der Waals surface area contributed by atoms with Crippen LogP contribution < -0.4 is 5.32 Å². The third-order valence-corrected chi connectivity index (χ3v) is 2.06. The Labute approximate surface area is 77.3 Å². The summed E-state index contributed by atoms with van der Waals surface area (Å²) in [5, 5.41) is 30.6. The second kappa shape index (κ2) is 4.34. The monoisotopic (exact) mass is 191 g/mol. The molecular formula is C8H17NO4. The molecule has 0 unspecified atom stereocenters. The van der Waals surface area contributed by atoms with Gasteiger partial charge in [-0.1, -0.05) is 13.8 Å². The molecule has 0 radical (unpaired) electrons. The standard InChI is InChI=1S/C8H17NO4/c1-4(2)9-3-5-6(10)7(11)8(12)13-5/h4-12H,3H2,1-2H3/t5-,6-,7-,8-/m1/s1. The Morgan fingerprint density at radius 2 is 1.85 bits per heavy atom. The Kier molecular flexibility index (Phi) is 3.63. The second-order valence-corrected chi connectivity index (χ2v) is 3.61. The van der Waals surface area contributed by atoms with Crippen LogP contribution in [0.4, 0.5) is 0 Å². The zero-order valence-electron chi connectivity index (χ0n) is 7.84. The summed E-state index contributed by atoms with van der Waals surface area (Å²) in [5.41, 5.74) is 0. The lowest BCUT2D eigenvalue weighted by molar-refractivity contribution is -0.126. The van der Waals surface area contributed by atoms with Crippen LogP contribution in [0.5, 0.6) is 0 Å². The SMILES string of the molecule is CC(C)NC[C@H]1O[C@@H](O)[C@H](O)[C@@H]1O. The first kappa shape index (κ1) is 10.9. The van der Waals surface area contributed by atoms with Crippen molar-refractivity contribution in [3.05, 3.63) is 0 Å². The number of nitrogens with one attached hydrogen (secondary N) is 1. The van der Waals surface area contributed by atoms with Crippen molar-refractivity contribution < 1.29 is 20.1 Å². The molecule has 78 valence electrons. The van der Waals surface area contributed by atoms with Crippen LogP contribution in [-0.4, -0.2) is 52.5 Å². The highest BCUT2D eigenvalue weighted by atomic mass is 16.6. The van der Waals surface area contributed by atoms with Gasteiger partial charge in [-0.05, 0) is 0 Å². The minimum Gasteiger partial charge on any atom is -0.387 e. The molecular weight excluding hydrogens is 174 g/mol. The summed E-state index contributed by atoms with van der Waals surface area (Å²) in [6.07, 6.45) is -4.01. The van der Waals surface area contributed by atoms with E-state index in [-0.39, 0.29) is 6.04 Å². The minimum atomic E-state index is -1.27. The number of ether oxygens (including phenoxy) is 1. The summed E-state index contributed by atoms with van der Waals surface area (Å²) in [6.45, 7) is 4.36. The largest absolute Gasteiger partial charge is 0.387 e. The first-order valence-corrected chi connectivity index (χ1v) is 4.45. The molecule has 1 aliphatic heterocycles. The van der Waals surface area contributed by atoms with Crippen LogP contribution in [0.1, 0.15) is 13.8 Å². The molecule has 0 spiro atoms. The molecule has 1 saturated heterocycles. The zero-order valence-corrected chi connectivity index (χ0v) is 7.84. The normalized spacial score (nSPS) is 40.2. The van der Waals surface area contributed by atoms with Crippen molar-refractivity contribution in [2.24, 2.45) is 0 Å². The van der Waals surface area contributed by atoms with Crippen molar-refractivity contribution in [3.8, 4) is 0 Å². The first-order chi connectivity index (χ1) is 6.02. The molecule has 0 aromatic rings. The van der Waals surface area contributed by atoms with Crippen LogP contribution >= 0.6 is 0 Å². The first-order valence-electron chi connectivity index (χ1n) is 4.45. The smallest absolute Gasteiger partial charge is 0.184 e. The average Bonchev–Trinajstić information content (AvgIpc) is 2.29. The van der Waals surface area contributed by atoms with Gasteiger partial charge >= 0.3 is 0 Å². The van der Waals surface area contributed by atoms with Crippen molar-refractivity contribution in [2.75, 3.05) is 6.54 Å². The lowest BCUT2D eigenvalue weighted by Gasteiger charge is -2.16. The predicted octanol–water partition coefficient (Wildman–Crippen LogP) is -1.58. The summed E-state index contributed by atoms with van der Waals surface area (Å²) in [5.74, 6) is 0. The Morgan fingerprint density at radius 1 is 1.23 bits per heavy atom. The van der Waals surface area contributed by atoms with Crippen LogP contribution in [0.2, 0.25) is 0 Å². The molecule has 4 N–H and O–H groups in total. The molecule has 1 rings (SSSR count). The molecule has 0 amide bonds. The van der Waals surface area contributed by atoms with Gasteiger partial charge in [0.05, 0.1) is 0 Å². The molecule has 1 fully saturated rings. The van der Waals surface area contributed by atoms with Gasteiger partial charge in [0, 0.05) is 12.6 Å².